The van der Waals surface area contributed by atoms with Crippen LogP contribution in [0.15, 0.2) is 29.0 Å². The third kappa shape index (κ3) is 2.26. The molecular formula is C14H18N4O. The number of rotatable bonds is 3. The third-order valence-corrected chi connectivity index (χ3v) is 4.07. The van der Waals surface area contributed by atoms with Gasteiger partial charge in [-0.1, -0.05) is 17.6 Å². The highest BCUT2D eigenvalue weighted by atomic mass is 16.5. The second-order valence-corrected chi connectivity index (χ2v) is 5.47. The van der Waals surface area contributed by atoms with Gasteiger partial charge >= 0.3 is 0 Å². The van der Waals surface area contributed by atoms with Crippen LogP contribution in [0.4, 0.5) is 0 Å². The van der Waals surface area contributed by atoms with E-state index in [1.54, 1.807) is 6.20 Å². The minimum absolute atomic E-state index is 0.110. The van der Waals surface area contributed by atoms with E-state index in [2.05, 4.69) is 22.0 Å². The van der Waals surface area contributed by atoms with Gasteiger partial charge in [0.2, 0.25) is 5.89 Å². The topological polar surface area (TPSA) is 77.8 Å². The van der Waals surface area contributed by atoms with Gasteiger partial charge < -0.3 is 10.3 Å². The second kappa shape index (κ2) is 4.74. The van der Waals surface area contributed by atoms with Crippen LogP contribution < -0.4 is 5.73 Å². The molecule has 0 spiro atoms. The summed E-state index contributed by atoms with van der Waals surface area (Å²) in [5, 5.41) is 4.07. The van der Waals surface area contributed by atoms with Crippen LogP contribution in [-0.2, 0) is 11.8 Å². The van der Waals surface area contributed by atoms with E-state index in [9.17, 15) is 0 Å². The van der Waals surface area contributed by atoms with E-state index in [-0.39, 0.29) is 11.5 Å². The predicted octanol–water partition coefficient (Wildman–Crippen LogP) is 1.82. The standard InChI is InChI=1S/C14H18N4O/c1-14(6-2-5-11(14)15)13-17-12(18-19-13)8-10-4-3-7-16-9-10/h3-4,7,9,11H,2,5-6,8,15H2,1H3. The first-order chi connectivity index (χ1) is 9.18. The maximum atomic E-state index is 6.17. The van der Waals surface area contributed by atoms with Crippen molar-refractivity contribution in [3.05, 3.63) is 41.8 Å². The molecular weight excluding hydrogens is 240 g/mol. The summed E-state index contributed by atoms with van der Waals surface area (Å²) in [5.41, 5.74) is 7.08. The van der Waals surface area contributed by atoms with Gasteiger partial charge in [0.05, 0.1) is 5.41 Å². The maximum Gasteiger partial charge on any atom is 0.234 e. The molecule has 2 atom stereocenters. The van der Waals surface area contributed by atoms with E-state index in [4.69, 9.17) is 10.3 Å². The monoisotopic (exact) mass is 258 g/mol. The van der Waals surface area contributed by atoms with E-state index >= 15 is 0 Å². The summed E-state index contributed by atoms with van der Waals surface area (Å²) in [4.78, 5) is 8.61. The average molecular weight is 258 g/mol. The lowest BCUT2D eigenvalue weighted by atomic mass is 9.85. The molecule has 1 aliphatic carbocycles. The smallest absolute Gasteiger partial charge is 0.234 e. The largest absolute Gasteiger partial charge is 0.339 e. The fourth-order valence-electron chi connectivity index (χ4n) is 2.70. The van der Waals surface area contributed by atoms with Crippen LogP contribution in [0.2, 0.25) is 0 Å². The molecule has 2 aromatic rings. The summed E-state index contributed by atoms with van der Waals surface area (Å²) >= 11 is 0. The van der Waals surface area contributed by atoms with Gasteiger partial charge in [-0.05, 0) is 31.4 Å². The van der Waals surface area contributed by atoms with Gasteiger partial charge in [0.15, 0.2) is 5.82 Å². The highest BCUT2D eigenvalue weighted by molar-refractivity contribution is 5.16. The average Bonchev–Trinajstić information content (AvgIpc) is 3.00. The van der Waals surface area contributed by atoms with Crippen molar-refractivity contribution >= 4 is 0 Å². The van der Waals surface area contributed by atoms with Crippen molar-refractivity contribution in [1.29, 1.82) is 0 Å². The molecule has 0 amide bonds. The minimum atomic E-state index is -0.166. The molecule has 3 rings (SSSR count). The molecule has 0 aromatic carbocycles. The molecule has 19 heavy (non-hydrogen) atoms. The zero-order chi connectivity index (χ0) is 13.3. The van der Waals surface area contributed by atoms with Gasteiger partial charge in [-0.2, -0.15) is 4.98 Å². The summed E-state index contributed by atoms with van der Waals surface area (Å²) in [6.45, 7) is 2.12. The normalized spacial score (nSPS) is 26.7. The number of hydrogen-bond donors (Lipinski definition) is 1. The van der Waals surface area contributed by atoms with Crippen molar-refractivity contribution in [1.82, 2.24) is 15.1 Å². The Morgan fingerprint density at radius 1 is 1.53 bits per heavy atom. The van der Waals surface area contributed by atoms with E-state index in [0.29, 0.717) is 18.1 Å². The van der Waals surface area contributed by atoms with Crippen molar-refractivity contribution in [2.24, 2.45) is 5.73 Å². The molecule has 2 aromatic heterocycles. The summed E-state index contributed by atoms with van der Waals surface area (Å²) in [5.74, 6) is 1.37. The first-order valence-electron chi connectivity index (χ1n) is 6.66. The number of aromatic nitrogens is 3. The number of nitrogens with two attached hydrogens (primary N) is 1. The fourth-order valence-corrected chi connectivity index (χ4v) is 2.70. The molecule has 1 saturated carbocycles. The van der Waals surface area contributed by atoms with Crippen molar-refractivity contribution in [3.8, 4) is 0 Å². The lowest BCUT2D eigenvalue weighted by Gasteiger charge is -2.23. The first-order valence-corrected chi connectivity index (χ1v) is 6.66. The van der Waals surface area contributed by atoms with Gasteiger partial charge in [0, 0.05) is 24.9 Å². The van der Waals surface area contributed by atoms with Gasteiger partial charge in [-0.15, -0.1) is 0 Å². The van der Waals surface area contributed by atoms with Crippen LogP contribution in [0.1, 0.15) is 43.5 Å². The number of pyridine rings is 1. The molecule has 0 aliphatic heterocycles. The summed E-state index contributed by atoms with van der Waals surface area (Å²) in [6, 6.07) is 4.02. The van der Waals surface area contributed by atoms with E-state index in [1.165, 1.54) is 0 Å². The molecule has 2 heterocycles. The predicted molar refractivity (Wildman–Crippen MR) is 70.5 cm³/mol. The van der Waals surface area contributed by atoms with Crippen molar-refractivity contribution in [2.45, 2.75) is 44.1 Å². The third-order valence-electron chi connectivity index (χ3n) is 4.07. The molecule has 1 aliphatic rings. The Balaban J connectivity index is 1.80. The first kappa shape index (κ1) is 12.3. The zero-order valence-corrected chi connectivity index (χ0v) is 11.0. The Labute approximate surface area is 112 Å². The second-order valence-electron chi connectivity index (χ2n) is 5.47. The van der Waals surface area contributed by atoms with Gasteiger partial charge in [-0.3, -0.25) is 4.98 Å². The highest BCUT2D eigenvalue weighted by Crippen LogP contribution is 2.38. The molecule has 2 N–H and O–H groups in total. The van der Waals surface area contributed by atoms with Gasteiger partial charge in [0.25, 0.3) is 0 Å². The summed E-state index contributed by atoms with van der Waals surface area (Å²) in [6.07, 6.45) is 7.38. The van der Waals surface area contributed by atoms with Crippen LogP contribution in [0, 0.1) is 0 Å². The van der Waals surface area contributed by atoms with Crippen molar-refractivity contribution in [2.75, 3.05) is 0 Å². The van der Waals surface area contributed by atoms with E-state index < -0.39 is 0 Å². The van der Waals surface area contributed by atoms with Crippen LogP contribution >= 0.6 is 0 Å². The minimum Gasteiger partial charge on any atom is -0.339 e. The lowest BCUT2D eigenvalue weighted by Crippen LogP contribution is -2.38. The number of nitrogens with zero attached hydrogens (tertiary/aromatic N) is 3. The van der Waals surface area contributed by atoms with Crippen LogP contribution in [0.5, 0.6) is 0 Å². The Hall–Kier alpha value is -1.75. The molecule has 5 heteroatoms. The van der Waals surface area contributed by atoms with Crippen LogP contribution in [-0.4, -0.2) is 21.2 Å². The Morgan fingerprint density at radius 3 is 3.11 bits per heavy atom. The molecule has 2 unspecified atom stereocenters. The van der Waals surface area contributed by atoms with Crippen LogP contribution in [0.25, 0.3) is 0 Å². The van der Waals surface area contributed by atoms with E-state index in [0.717, 1.165) is 24.8 Å². The van der Waals surface area contributed by atoms with Crippen molar-refractivity contribution < 1.29 is 4.52 Å². The molecule has 0 saturated heterocycles. The zero-order valence-electron chi connectivity index (χ0n) is 11.0. The lowest BCUT2D eigenvalue weighted by molar-refractivity contribution is 0.276. The Bertz CT molecular complexity index is 554. The highest BCUT2D eigenvalue weighted by Gasteiger charge is 2.42. The van der Waals surface area contributed by atoms with Gasteiger partial charge in [0.1, 0.15) is 0 Å². The summed E-state index contributed by atoms with van der Waals surface area (Å²) < 4.78 is 5.43. The molecule has 100 valence electrons. The van der Waals surface area contributed by atoms with Crippen LogP contribution in [0.3, 0.4) is 0 Å². The Kier molecular flexibility index (Phi) is 3.06. The summed E-state index contributed by atoms with van der Waals surface area (Å²) in [7, 11) is 0. The maximum absolute atomic E-state index is 6.17. The molecule has 1 fully saturated rings. The molecule has 0 radical (unpaired) electrons. The SMILES string of the molecule is CC1(c2nc(Cc3cccnc3)no2)CCCC1N. The van der Waals surface area contributed by atoms with E-state index in [1.807, 2.05) is 18.3 Å². The van der Waals surface area contributed by atoms with Gasteiger partial charge in [-0.25, -0.2) is 0 Å². The number of hydrogen-bond acceptors (Lipinski definition) is 5. The fraction of sp³-hybridized carbons (Fsp3) is 0.500. The molecule has 0 bridgehead atoms. The quantitative estimate of drug-likeness (QED) is 0.908. The molecule has 5 nitrogen and oxygen atoms in total. The van der Waals surface area contributed by atoms with Crippen molar-refractivity contribution in [3.63, 3.8) is 0 Å². The Morgan fingerprint density at radius 2 is 2.42 bits per heavy atom.